The van der Waals surface area contributed by atoms with Crippen LogP contribution < -0.4 is 14.2 Å². The molecule has 1 N–H and O–H groups in total. The van der Waals surface area contributed by atoms with Crippen molar-refractivity contribution >= 4 is 17.4 Å². The molecule has 1 fully saturated rings. The molecular weight excluding hydrogens is 472 g/mol. The maximum Gasteiger partial charge on any atom is 0.295 e. The molecule has 1 unspecified atom stereocenters. The van der Waals surface area contributed by atoms with Crippen molar-refractivity contribution in [2.75, 3.05) is 48.0 Å². The van der Waals surface area contributed by atoms with Crippen molar-refractivity contribution < 1.29 is 28.9 Å². The number of ether oxygens (including phenoxy) is 3. The Morgan fingerprint density at radius 1 is 1.05 bits per heavy atom. The number of ketones is 1. The zero-order chi connectivity index (χ0) is 27.3. The van der Waals surface area contributed by atoms with Crippen molar-refractivity contribution in [2.24, 2.45) is 5.92 Å². The van der Waals surface area contributed by atoms with Crippen LogP contribution in [0.5, 0.6) is 17.2 Å². The standard InChI is InChI=1S/C29H38N2O6/c1-18(2)12-15-37-23-11-8-20(17-24(23)36-7)26-25(28(33)29(34)31(26)14-13-30(4)5)27(32)22-10-9-21(35-6)16-19(22)3/h8-11,16-18,26,32H,12-15H2,1-7H3/b27-25+. The maximum absolute atomic E-state index is 13.3. The lowest BCUT2D eigenvalue weighted by Gasteiger charge is -2.27. The topological polar surface area (TPSA) is 88.5 Å². The number of nitrogens with zero attached hydrogens (tertiary/aromatic N) is 2. The van der Waals surface area contributed by atoms with Crippen molar-refractivity contribution in [2.45, 2.75) is 33.2 Å². The van der Waals surface area contributed by atoms with Gasteiger partial charge in [-0.05, 0) is 74.8 Å². The zero-order valence-corrected chi connectivity index (χ0v) is 22.8. The molecule has 2 aromatic rings. The number of likely N-dealkylation sites (N-methyl/N-ethyl adjacent to an activating group) is 1. The summed E-state index contributed by atoms with van der Waals surface area (Å²) in [6, 6.07) is 9.79. The number of aliphatic hydroxyl groups excluding tert-OH is 1. The van der Waals surface area contributed by atoms with Crippen LogP contribution in [0.15, 0.2) is 42.0 Å². The van der Waals surface area contributed by atoms with Crippen molar-refractivity contribution in [3.8, 4) is 17.2 Å². The molecule has 0 radical (unpaired) electrons. The fourth-order valence-electron chi connectivity index (χ4n) is 4.32. The summed E-state index contributed by atoms with van der Waals surface area (Å²) < 4.78 is 16.8. The van der Waals surface area contributed by atoms with Gasteiger partial charge >= 0.3 is 0 Å². The van der Waals surface area contributed by atoms with Crippen molar-refractivity contribution in [3.63, 3.8) is 0 Å². The van der Waals surface area contributed by atoms with Crippen LogP contribution in [-0.4, -0.2) is 74.6 Å². The molecule has 3 rings (SSSR count). The van der Waals surface area contributed by atoms with Gasteiger partial charge in [0.15, 0.2) is 11.5 Å². The summed E-state index contributed by atoms with van der Waals surface area (Å²) >= 11 is 0. The summed E-state index contributed by atoms with van der Waals surface area (Å²) in [4.78, 5) is 30.0. The smallest absolute Gasteiger partial charge is 0.295 e. The first kappa shape index (κ1) is 28.1. The van der Waals surface area contributed by atoms with Gasteiger partial charge in [-0.1, -0.05) is 19.9 Å². The zero-order valence-electron chi connectivity index (χ0n) is 22.8. The highest BCUT2D eigenvalue weighted by Gasteiger charge is 2.46. The lowest BCUT2D eigenvalue weighted by molar-refractivity contribution is -0.140. The number of aryl methyl sites for hydroxylation is 1. The Morgan fingerprint density at radius 2 is 1.78 bits per heavy atom. The van der Waals surface area contributed by atoms with Crippen LogP contribution in [0.1, 0.15) is 43.0 Å². The number of benzene rings is 2. The van der Waals surface area contributed by atoms with E-state index in [1.54, 1.807) is 44.6 Å². The van der Waals surface area contributed by atoms with E-state index in [2.05, 4.69) is 13.8 Å². The summed E-state index contributed by atoms with van der Waals surface area (Å²) in [6.07, 6.45) is 0.900. The third-order valence-corrected chi connectivity index (χ3v) is 6.47. The monoisotopic (exact) mass is 510 g/mol. The predicted molar refractivity (Wildman–Crippen MR) is 143 cm³/mol. The van der Waals surface area contributed by atoms with Gasteiger partial charge in [-0.3, -0.25) is 9.59 Å². The second kappa shape index (κ2) is 12.1. The molecule has 2 aromatic carbocycles. The average molecular weight is 511 g/mol. The third-order valence-electron chi connectivity index (χ3n) is 6.47. The van der Waals surface area contributed by atoms with E-state index < -0.39 is 17.7 Å². The van der Waals surface area contributed by atoms with Crippen molar-refractivity contribution in [1.29, 1.82) is 0 Å². The van der Waals surface area contributed by atoms with Crippen LogP contribution in [0.25, 0.3) is 5.76 Å². The number of Topliss-reactive ketones (excluding diaryl/α,β-unsaturated/α-hetero) is 1. The number of rotatable bonds is 11. The molecule has 0 bridgehead atoms. The highest BCUT2D eigenvalue weighted by Crippen LogP contribution is 2.42. The van der Waals surface area contributed by atoms with Gasteiger partial charge in [0.25, 0.3) is 11.7 Å². The molecule has 0 aliphatic carbocycles. The van der Waals surface area contributed by atoms with Crippen LogP contribution in [0.4, 0.5) is 0 Å². The fraction of sp³-hybridized carbons (Fsp3) is 0.448. The number of likely N-dealkylation sites (tertiary alicyclic amines) is 1. The Bertz CT molecular complexity index is 1170. The van der Waals surface area contributed by atoms with E-state index in [4.69, 9.17) is 14.2 Å². The van der Waals surface area contributed by atoms with Crippen LogP contribution in [0.2, 0.25) is 0 Å². The van der Waals surface area contributed by atoms with Crippen LogP contribution >= 0.6 is 0 Å². The number of carbonyl (C=O) groups excluding carboxylic acids is 2. The minimum Gasteiger partial charge on any atom is -0.507 e. The normalized spacial score (nSPS) is 17.1. The summed E-state index contributed by atoms with van der Waals surface area (Å²) in [7, 11) is 6.92. The lowest BCUT2D eigenvalue weighted by atomic mass is 9.93. The largest absolute Gasteiger partial charge is 0.507 e. The van der Waals surface area contributed by atoms with Gasteiger partial charge in [-0.15, -0.1) is 0 Å². The van der Waals surface area contributed by atoms with E-state index in [1.807, 2.05) is 32.0 Å². The predicted octanol–water partition coefficient (Wildman–Crippen LogP) is 4.42. The first-order valence-corrected chi connectivity index (χ1v) is 12.5. The number of methoxy groups -OCH3 is 2. The van der Waals surface area contributed by atoms with Gasteiger partial charge in [-0.2, -0.15) is 0 Å². The van der Waals surface area contributed by atoms with Crippen LogP contribution in [0.3, 0.4) is 0 Å². The summed E-state index contributed by atoms with van der Waals surface area (Å²) in [5.74, 6) is 0.650. The maximum atomic E-state index is 13.3. The molecule has 1 aliphatic heterocycles. The molecule has 1 saturated heterocycles. The second-order valence-electron chi connectivity index (χ2n) is 9.92. The SMILES string of the molecule is COc1ccc(/C(O)=C2\C(=O)C(=O)N(CCN(C)C)C2c2ccc(OCCC(C)C)c(OC)c2)c(C)c1. The second-order valence-corrected chi connectivity index (χ2v) is 9.92. The molecule has 1 heterocycles. The number of carbonyl (C=O) groups is 2. The first-order chi connectivity index (χ1) is 17.6. The van der Waals surface area contributed by atoms with Gasteiger partial charge in [0, 0.05) is 18.7 Å². The highest BCUT2D eigenvalue weighted by molar-refractivity contribution is 6.46. The van der Waals surface area contributed by atoms with Crippen molar-refractivity contribution in [1.82, 2.24) is 9.80 Å². The summed E-state index contributed by atoms with van der Waals surface area (Å²) in [6.45, 7) is 7.50. The molecule has 8 nitrogen and oxygen atoms in total. The molecule has 200 valence electrons. The molecule has 1 atom stereocenters. The molecule has 8 heteroatoms. The van der Waals surface area contributed by atoms with Gasteiger partial charge < -0.3 is 29.1 Å². The Hall–Kier alpha value is -3.52. The van der Waals surface area contributed by atoms with Crippen LogP contribution in [0, 0.1) is 12.8 Å². The molecule has 1 aliphatic rings. The van der Waals surface area contributed by atoms with Crippen molar-refractivity contribution in [3.05, 3.63) is 58.7 Å². The molecule has 0 aromatic heterocycles. The highest BCUT2D eigenvalue weighted by atomic mass is 16.5. The minimum absolute atomic E-state index is 0.0487. The van der Waals surface area contributed by atoms with E-state index in [-0.39, 0.29) is 11.3 Å². The number of hydrogen-bond donors (Lipinski definition) is 1. The van der Waals surface area contributed by atoms with Gasteiger partial charge in [0.2, 0.25) is 0 Å². The van der Waals surface area contributed by atoms with Gasteiger partial charge in [-0.25, -0.2) is 0 Å². The molecular formula is C29H38N2O6. The molecule has 37 heavy (non-hydrogen) atoms. The quantitative estimate of drug-likeness (QED) is 0.272. The summed E-state index contributed by atoms with van der Waals surface area (Å²) in [5.41, 5.74) is 1.89. The van der Waals surface area contributed by atoms with E-state index in [0.29, 0.717) is 54.0 Å². The van der Waals surface area contributed by atoms with Crippen LogP contribution in [-0.2, 0) is 9.59 Å². The molecule has 1 amide bonds. The average Bonchev–Trinajstić information content (AvgIpc) is 3.11. The molecule has 0 spiro atoms. The van der Waals surface area contributed by atoms with Gasteiger partial charge in [0.1, 0.15) is 11.5 Å². The number of amides is 1. The number of aliphatic hydroxyl groups is 1. The van der Waals surface area contributed by atoms with E-state index in [0.717, 1.165) is 12.0 Å². The molecule has 0 saturated carbocycles. The Kier molecular flexibility index (Phi) is 9.21. The third kappa shape index (κ3) is 6.25. The Labute approximate surface area is 219 Å². The Balaban J connectivity index is 2.12. The van der Waals surface area contributed by atoms with E-state index in [1.165, 1.54) is 4.90 Å². The number of hydrogen-bond acceptors (Lipinski definition) is 7. The van der Waals surface area contributed by atoms with E-state index in [9.17, 15) is 14.7 Å². The first-order valence-electron chi connectivity index (χ1n) is 12.5. The lowest BCUT2D eigenvalue weighted by Crippen LogP contribution is -2.35. The summed E-state index contributed by atoms with van der Waals surface area (Å²) in [5, 5.41) is 11.4. The van der Waals surface area contributed by atoms with Gasteiger partial charge in [0.05, 0.1) is 32.4 Å². The minimum atomic E-state index is -0.778. The van der Waals surface area contributed by atoms with E-state index >= 15 is 0 Å². The fourth-order valence-corrected chi connectivity index (χ4v) is 4.32. The Morgan fingerprint density at radius 3 is 2.38 bits per heavy atom.